The first-order chi connectivity index (χ1) is 7.20. The number of hydrogen-bond donors (Lipinski definition) is 0. The molecule has 5 atom stereocenters. The van der Waals surface area contributed by atoms with Gasteiger partial charge in [-0.2, -0.15) is 0 Å². The minimum Gasteiger partial charge on any atom is -0.0625 e. The number of hydrogen-bond acceptors (Lipinski definition) is 0. The third-order valence-corrected chi connectivity index (χ3v) is 5.42. The Morgan fingerprint density at radius 2 is 0.500 bits per heavy atom. The second-order valence-electron chi connectivity index (χ2n) is 6.78. The maximum Gasteiger partial charge on any atom is -0.0386 e. The van der Waals surface area contributed by atoms with E-state index in [1.165, 1.54) is 0 Å². The summed E-state index contributed by atoms with van der Waals surface area (Å²) >= 11 is 0. The van der Waals surface area contributed by atoms with Gasteiger partial charge in [0.05, 0.1) is 0 Å². The average molecular weight is 226 g/mol. The summed E-state index contributed by atoms with van der Waals surface area (Å²) in [5, 5.41) is 0. The summed E-state index contributed by atoms with van der Waals surface area (Å²) in [6.07, 6.45) is 0. The fourth-order valence-electron chi connectivity index (χ4n) is 2.65. The molecular formula is C16H34. The standard InChI is InChI=1S/C16H34/c1-10(2)12(5)14(7)16(9)15(8)13(6)11(3)4/h10-16H,1-9H3/t12-,13+,14+,15-,16?. The van der Waals surface area contributed by atoms with E-state index in [2.05, 4.69) is 62.3 Å². The van der Waals surface area contributed by atoms with Gasteiger partial charge in [-0.1, -0.05) is 62.3 Å². The molecule has 0 rings (SSSR count). The van der Waals surface area contributed by atoms with E-state index >= 15 is 0 Å². The normalized spacial score (nSPS) is 21.9. The molecule has 0 heteroatoms. The Kier molecular flexibility index (Phi) is 6.67. The minimum atomic E-state index is 0.805. The third-order valence-electron chi connectivity index (χ3n) is 5.42. The lowest BCUT2D eigenvalue weighted by Crippen LogP contribution is -2.30. The zero-order valence-corrected chi connectivity index (χ0v) is 13.0. The maximum atomic E-state index is 2.45. The summed E-state index contributed by atoms with van der Waals surface area (Å²) in [7, 11) is 0. The molecule has 16 heavy (non-hydrogen) atoms. The van der Waals surface area contributed by atoms with Crippen LogP contribution in [0.1, 0.15) is 62.3 Å². The van der Waals surface area contributed by atoms with Crippen molar-refractivity contribution < 1.29 is 0 Å². The smallest absolute Gasteiger partial charge is 0.0386 e. The van der Waals surface area contributed by atoms with E-state index in [1.54, 1.807) is 0 Å². The van der Waals surface area contributed by atoms with Crippen molar-refractivity contribution in [3.05, 3.63) is 0 Å². The molecule has 1 unspecified atom stereocenters. The molecule has 0 N–H and O–H groups in total. The summed E-state index contributed by atoms with van der Waals surface area (Å²) in [6.45, 7) is 21.6. The van der Waals surface area contributed by atoms with E-state index in [-0.39, 0.29) is 0 Å². The molecule has 0 aromatic heterocycles. The molecule has 98 valence electrons. The van der Waals surface area contributed by atoms with Gasteiger partial charge < -0.3 is 0 Å². The highest BCUT2D eigenvalue weighted by molar-refractivity contribution is 4.78. The summed E-state index contributed by atoms with van der Waals surface area (Å²) < 4.78 is 0. The van der Waals surface area contributed by atoms with Crippen molar-refractivity contribution in [2.24, 2.45) is 41.4 Å². The van der Waals surface area contributed by atoms with E-state index in [9.17, 15) is 0 Å². The fourth-order valence-corrected chi connectivity index (χ4v) is 2.65. The first-order valence-electron chi connectivity index (χ1n) is 7.20. The summed E-state index contributed by atoms with van der Waals surface area (Å²) in [4.78, 5) is 0. The Morgan fingerprint density at radius 1 is 0.312 bits per heavy atom. The lowest BCUT2D eigenvalue weighted by Gasteiger charge is -2.36. The van der Waals surface area contributed by atoms with Crippen LogP contribution in [0.15, 0.2) is 0 Å². The van der Waals surface area contributed by atoms with Gasteiger partial charge in [0.25, 0.3) is 0 Å². The zero-order valence-electron chi connectivity index (χ0n) is 13.0. The SMILES string of the molecule is CC(C)[C@@H](C)[C@H](C)C(C)[C@H](C)[C@@H](C)C(C)C. The quantitative estimate of drug-likeness (QED) is 0.562. The summed E-state index contributed by atoms with van der Waals surface area (Å²) in [5.74, 6) is 5.76. The van der Waals surface area contributed by atoms with E-state index in [0.29, 0.717) is 0 Å². The van der Waals surface area contributed by atoms with Crippen molar-refractivity contribution in [3.8, 4) is 0 Å². The fraction of sp³-hybridized carbons (Fsp3) is 1.00. The zero-order chi connectivity index (χ0) is 13.0. The Hall–Kier alpha value is 0. The van der Waals surface area contributed by atoms with Gasteiger partial charge in [0.15, 0.2) is 0 Å². The second kappa shape index (κ2) is 6.67. The Bertz CT molecular complexity index is 160. The highest BCUT2D eigenvalue weighted by atomic mass is 14.3. The van der Waals surface area contributed by atoms with E-state index in [1.807, 2.05) is 0 Å². The van der Waals surface area contributed by atoms with Crippen LogP contribution >= 0.6 is 0 Å². The molecule has 0 aliphatic rings. The van der Waals surface area contributed by atoms with Crippen LogP contribution in [0.4, 0.5) is 0 Å². The van der Waals surface area contributed by atoms with Gasteiger partial charge in [0, 0.05) is 0 Å². The van der Waals surface area contributed by atoms with E-state index in [4.69, 9.17) is 0 Å². The highest BCUT2D eigenvalue weighted by Gasteiger charge is 2.29. The molecule has 0 aromatic rings. The highest BCUT2D eigenvalue weighted by Crippen LogP contribution is 2.36. The molecule has 0 bridgehead atoms. The van der Waals surface area contributed by atoms with Crippen LogP contribution in [0.5, 0.6) is 0 Å². The van der Waals surface area contributed by atoms with Crippen LogP contribution < -0.4 is 0 Å². The van der Waals surface area contributed by atoms with Crippen molar-refractivity contribution in [1.82, 2.24) is 0 Å². The second-order valence-corrected chi connectivity index (χ2v) is 6.78. The molecule has 0 heterocycles. The van der Waals surface area contributed by atoms with Crippen LogP contribution in [-0.2, 0) is 0 Å². The van der Waals surface area contributed by atoms with Gasteiger partial charge >= 0.3 is 0 Å². The predicted molar refractivity (Wildman–Crippen MR) is 75.5 cm³/mol. The van der Waals surface area contributed by atoms with Crippen LogP contribution in [0.2, 0.25) is 0 Å². The van der Waals surface area contributed by atoms with Crippen LogP contribution in [0.25, 0.3) is 0 Å². The summed E-state index contributed by atoms with van der Waals surface area (Å²) in [5.41, 5.74) is 0. The predicted octanol–water partition coefficient (Wildman–Crippen LogP) is 5.48. The molecule has 0 saturated heterocycles. The van der Waals surface area contributed by atoms with Crippen LogP contribution in [0, 0.1) is 41.4 Å². The molecule has 0 aromatic carbocycles. The topological polar surface area (TPSA) is 0 Å². The van der Waals surface area contributed by atoms with Gasteiger partial charge in [-0.3, -0.25) is 0 Å². The van der Waals surface area contributed by atoms with Gasteiger partial charge in [0.1, 0.15) is 0 Å². The maximum absolute atomic E-state index is 2.45. The van der Waals surface area contributed by atoms with Crippen LogP contribution in [-0.4, -0.2) is 0 Å². The molecule has 0 saturated carbocycles. The lowest BCUT2D eigenvalue weighted by molar-refractivity contribution is 0.126. The molecule has 0 fully saturated rings. The molecule has 0 spiro atoms. The van der Waals surface area contributed by atoms with Crippen molar-refractivity contribution >= 4 is 0 Å². The average Bonchev–Trinajstić information content (AvgIpc) is 2.23. The monoisotopic (exact) mass is 226 g/mol. The molecule has 0 nitrogen and oxygen atoms in total. The molecule has 0 amide bonds. The van der Waals surface area contributed by atoms with Crippen molar-refractivity contribution in [2.45, 2.75) is 62.3 Å². The molecular weight excluding hydrogens is 192 g/mol. The van der Waals surface area contributed by atoms with Gasteiger partial charge in [-0.15, -0.1) is 0 Å². The minimum absolute atomic E-state index is 0.805. The summed E-state index contributed by atoms with van der Waals surface area (Å²) in [6, 6.07) is 0. The molecule has 0 aliphatic heterocycles. The number of rotatable bonds is 6. The molecule has 0 radical (unpaired) electrons. The Morgan fingerprint density at radius 3 is 0.688 bits per heavy atom. The Labute approximate surface area is 104 Å². The van der Waals surface area contributed by atoms with Gasteiger partial charge in [0.2, 0.25) is 0 Å². The third kappa shape index (κ3) is 4.11. The van der Waals surface area contributed by atoms with Crippen molar-refractivity contribution in [1.29, 1.82) is 0 Å². The van der Waals surface area contributed by atoms with Crippen molar-refractivity contribution in [2.75, 3.05) is 0 Å². The molecule has 0 aliphatic carbocycles. The van der Waals surface area contributed by atoms with Gasteiger partial charge in [-0.25, -0.2) is 0 Å². The first kappa shape index (κ1) is 16.0. The van der Waals surface area contributed by atoms with Crippen molar-refractivity contribution in [3.63, 3.8) is 0 Å². The van der Waals surface area contributed by atoms with E-state index < -0.39 is 0 Å². The van der Waals surface area contributed by atoms with Crippen LogP contribution in [0.3, 0.4) is 0 Å². The first-order valence-corrected chi connectivity index (χ1v) is 7.20. The van der Waals surface area contributed by atoms with E-state index in [0.717, 1.165) is 41.4 Å². The van der Waals surface area contributed by atoms with Gasteiger partial charge in [-0.05, 0) is 41.4 Å². The lowest BCUT2D eigenvalue weighted by atomic mass is 9.69. The largest absolute Gasteiger partial charge is 0.0625 e. The Balaban J connectivity index is 4.48.